The van der Waals surface area contributed by atoms with E-state index in [9.17, 15) is 8.42 Å². The lowest BCUT2D eigenvalue weighted by molar-refractivity contribution is -0.109. The third kappa shape index (κ3) is 3.13. The Morgan fingerprint density at radius 2 is 2.16 bits per heavy atom. The van der Waals surface area contributed by atoms with Crippen LogP contribution in [0.2, 0.25) is 0 Å². The number of furan rings is 1. The number of alkyl halides is 1. The van der Waals surface area contributed by atoms with Gasteiger partial charge in [0.25, 0.3) is 10.0 Å². The molecule has 0 amide bonds. The van der Waals surface area contributed by atoms with Gasteiger partial charge >= 0.3 is 0 Å². The lowest BCUT2D eigenvalue weighted by atomic mass is 10.1. The monoisotopic (exact) mass is 307 g/mol. The van der Waals surface area contributed by atoms with E-state index in [1.165, 1.54) is 10.4 Å². The van der Waals surface area contributed by atoms with Gasteiger partial charge in [-0.1, -0.05) is 0 Å². The third-order valence-corrected chi connectivity index (χ3v) is 4.85. The van der Waals surface area contributed by atoms with Crippen LogP contribution in [0.3, 0.4) is 0 Å². The molecule has 0 N–H and O–H groups in total. The summed E-state index contributed by atoms with van der Waals surface area (Å²) in [6, 6.07) is 3.02. The molecule has 0 radical (unpaired) electrons. The molecule has 1 fully saturated rings. The molecule has 7 heteroatoms. The summed E-state index contributed by atoms with van der Waals surface area (Å²) in [6.45, 7) is 6.23. The molecule has 2 rings (SSSR count). The van der Waals surface area contributed by atoms with Gasteiger partial charge in [0.2, 0.25) is 5.09 Å². The third-order valence-electron chi connectivity index (χ3n) is 2.90. The standard InChI is InChI=1S/C12H18ClNO4S/c1-9-7-14(8-12(2,3)18-9)19(15,16)11-5-4-10(6-13)17-11/h4-5,9H,6-8H2,1-3H3. The predicted octanol–water partition coefficient (Wildman–Crippen LogP) is 2.21. The Bertz CT molecular complexity index is 552. The van der Waals surface area contributed by atoms with E-state index in [1.54, 1.807) is 6.07 Å². The van der Waals surface area contributed by atoms with E-state index in [0.29, 0.717) is 18.8 Å². The fraction of sp³-hybridized carbons (Fsp3) is 0.667. The van der Waals surface area contributed by atoms with Gasteiger partial charge in [0.05, 0.1) is 17.6 Å². The molecule has 0 spiro atoms. The van der Waals surface area contributed by atoms with E-state index in [4.69, 9.17) is 20.8 Å². The molecule has 5 nitrogen and oxygen atoms in total. The molecule has 2 heterocycles. The Hall–Kier alpha value is -0.560. The van der Waals surface area contributed by atoms with Crippen LogP contribution in [0.25, 0.3) is 0 Å². The first kappa shape index (κ1) is 14.8. The highest BCUT2D eigenvalue weighted by Gasteiger charge is 2.39. The number of rotatable bonds is 3. The number of ether oxygens (including phenoxy) is 1. The molecule has 0 saturated carbocycles. The Kier molecular flexibility index (Phi) is 3.97. The molecule has 1 atom stereocenters. The summed E-state index contributed by atoms with van der Waals surface area (Å²) in [5.74, 6) is 0.598. The second-order valence-electron chi connectivity index (χ2n) is 5.34. The molecule has 108 valence electrons. The molecule has 1 unspecified atom stereocenters. The highest BCUT2D eigenvalue weighted by molar-refractivity contribution is 7.89. The minimum atomic E-state index is -3.63. The fourth-order valence-electron chi connectivity index (χ4n) is 2.27. The molecule has 0 bridgehead atoms. The van der Waals surface area contributed by atoms with Crippen molar-refractivity contribution in [1.82, 2.24) is 4.31 Å². The van der Waals surface area contributed by atoms with Gasteiger partial charge in [-0.15, -0.1) is 11.6 Å². The smallest absolute Gasteiger partial charge is 0.276 e. The maximum absolute atomic E-state index is 12.5. The van der Waals surface area contributed by atoms with Gasteiger partial charge < -0.3 is 9.15 Å². The molecule has 0 aromatic carbocycles. The van der Waals surface area contributed by atoms with Gasteiger partial charge in [0.1, 0.15) is 5.76 Å². The minimum absolute atomic E-state index is 0.0620. The fourth-order valence-corrected chi connectivity index (χ4v) is 4.01. The van der Waals surface area contributed by atoms with Crippen molar-refractivity contribution in [2.75, 3.05) is 13.1 Å². The largest absolute Gasteiger partial charge is 0.447 e. The maximum Gasteiger partial charge on any atom is 0.276 e. The lowest BCUT2D eigenvalue weighted by Gasteiger charge is -2.40. The molecule has 1 saturated heterocycles. The highest BCUT2D eigenvalue weighted by atomic mass is 35.5. The average molecular weight is 308 g/mol. The van der Waals surface area contributed by atoms with Crippen LogP contribution < -0.4 is 0 Å². The summed E-state index contributed by atoms with van der Waals surface area (Å²) in [7, 11) is -3.63. The molecular weight excluding hydrogens is 290 g/mol. The van der Waals surface area contributed by atoms with Crippen molar-refractivity contribution >= 4 is 21.6 Å². The summed E-state index contributed by atoms with van der Waals surface area (Å²) in [5, 5.41) is -0.0620. The first-order valence-electron chi connectivity index (χ1n) is 6.07. The summed E-state index contributed by atoms with van der Waals surface area (Å²) >= 11 is 5.62. The van der Waals surface area contributed by atoms with Crippen molar-refractivity contribution in [1.29, 1.82) is 0 Å². The lowest BCUT2D eigenvalue weighted by Crippen LogP contribution is -2.53. The normalized spacial score (nSPS) is 24.5. The van der Waals surface area contributed by atoms with Crippen molar-refractivity contribution < 1.29 is 17.6 Å². The number of hydrogen-bond donors (Lipinski definition) is 0. The number of morpholine rings is 1. The zero-order chi connectivity index (χ0) is 14.3. The van der Waals surface area contributed by atoms with E-state index in [-0.39, 0.29) is 17.1 Å². The highest BCUT2D eigenvalue weighted by Crippen LogP contribution is 2.27. The van der Waals surface area contributed by atoms with Gasteiger partial charge in [0, 0.05) is 13.1 Å². The quantitative estimate of drug-likeness (QED) is 0.803. The zero-order valence-electron chi connectivity index (χ0n) is 11.2. The summed E-state index contributed by atoms with van der Waals surface area (Å²) in [5.41, 5.74) is -0.507. The summed E-state index contributed by atoms with van der Waals surface area (Å²) in [6.07, 6.45) is -0.152. The molecule has 1 aromatic heterocycles. The summed E-state index contributed by atoms with van der Waals surface area (Å²) < 4.78 is 37.3. The van der Waals surface area contributed by atoms with Crippen LogP contribution in [-0.4, -0.2) is 37.5 Å². The minimum Gasteiger partial charge on any atom is -0.447 e. The molecule has 0 aliphatic carbocycles. The SMILES string of the molecule is CC1CN(S(=O)(=O)c2ccc(CCl)o2)CC(C)(C)O1. The number of sulfonamides is 1. The number of hydrogen-bond acceptors (Lipinski definition) is 4. The molecule has 19 heavy (non-hydrogen) atoms. The van der Waals surface area contributed by atoms with Gasteiger partial charge in [-0.05, 0) is 32.9 Å². The second kappa shape index (κ2) is 5.09. The first-order valence-corrected chi connectivity index (χ1v) is 8.05. The van der Waals surface area contributed by atoms with E-state index >= 15 is 0 Å². The van der Waals surface area contributed by atoms with Crippen molar-refractivity contribution in [2.24, 2.45) is 0 Å². The molecule has 1 aliphatic heterocycles. The van der Waals surface area contributed by atoms with Crippen molar-refractivity contribution in [3.63, 3.8) is 0 Å². The van der Waals surface area contributed by atoms with Gasteiger partial charge in [-0.3, -0.25) is 0 Å². The van der Waals surface area contributed by atoms with Crippen LogP contribution in [-0.2, 0) is 20.6 Å². The van der Waals surface area contributed by atoms with E-state index < -0.39 is 15.6 Å². The Balaban J connectivity index is 2.28. The van der Waals surface area contributed by atoms with Gasteiger partial charge in [-0.25, -0.2) is 8.42 Å². The van der Waals surface area contributed by atoms with Gasteiger partial charge in [0.15, 0.2) is 0 Å². The van der Waals surface area contributed by atoms with Crippen LogP contribution in [0, 0.1) is 0 Å². The van der Waals surface area contributed by atoms with Gasteiger partial charge in [-0.2, -0.15) is 4.31 Å². The van der Waals surface area contributed by atoms with Crippen LogP contribution in [0.5, 0.6) is 0 Å². The van der Waals surface area contributed by atoms with Crippen LogP contribution in [0.1, 0.15) is 26.5 Å². The summed E-state index contributed by atoms with van der Waals surface area (Å²) in [4.78, 5) is 0. The van der Waals surface area contributed by atoms with Crippen molar-refractivity contribution in [3.05, 3.63) is 17.9 Å². The van der Waals surface area contributed by atoms with E-state index in [2.05, 4.69) is 0 Å². The van der Waals surface area contributed by atoms with Crippen LogP contribution in [0.4, 0.5) is 0 Å². The van der Waals surface area contributed by atoms with E-state index in [0.717, 1.165) is 0 Å². The first-order chi connectivity index (χ1) is 8.74. The predicted molar refractivity (Wildman–Crippen MR) is 71.6 cm³/mol. The maximum atomic E-state index is 12.5. The number of halogens is 1. The topological polar surface area (TPSA) is 59.8 Å². The Morgan fingerprint density at radius 3 is 2.68 bits per heavy atom. The van der Waals surface area contributed by atoms with E-state index in [1.807, 2.05) is 20.8 Å². The molecule has 1 aliphatic rings. The number of nitrogens with zero attached hydrogens (tertiary/aromatic N) is 1. The average Bonchev–Trinajstić information content (AvgIpc) is 2.75. The zero-order valence-corrected chi connectivity index (χ0v) is 12.8. The Labute approximate surface area is 118 Å². The van der Waals surface area contributed by atoms with Crippen LogP contribution in [0.15, 0.2) is 21.6 Å². The van der Waals surface area contributed by atoms with Crippen LogP contribution >= 0.6 is 11.6 Å². The molecular formula is C12H18ClNO4S. The Morgan fingerprint density at radius 1 is 1.47 bits per heavy atom. The molecule has 1 aromatic rings. The van der Waals surface area contributed by atoms with Crippen molar-refractivity contribution in [2.45, 2.75) is 43.4 Å². The van der Waals surface area contributed by atoms with Crippen molar-refractivity contribution in [3.8, 4) is 0 Å². The second-order valence-corrected chi connectivity index (χ2v) is 7.48.